The Hall–Kier alpha value is -5.30. The SMILES string of the molecule is C=CCCC(=O)O/N=C(/N)c1ccc(NC(=O)CCCC(=O)Nc2ccc(/C(N)=N\OC(=O)CCC=C)cc2)cc1.O. The van der Waals surface area contributed by atoms with Crippen molar-refractivity contribution < 1.29 is 34.3 Å². The molecule has 0 aliphatic carbocycles. The van der Waals surface area contributed by atoms with Gasteiger partial charge < -0.3 is 37.3 Å². The molecule has 0 saturated carbocycles. The number of nitrogens with one attached hydrogen (secondary N) is 2. The van der Waals surface area contributed by atoms with Gasteiger partial charge in [0.25, 0.3) is 0 Å². The smallest absolute Gasteiger partial charge is 0.335 e. The van der Waals surface area contributed by atoms with Gasteiger partial charge in [-0.3, -0.25) is 9.59 Å². The fourth-order valence-electron chi connectivity index (χ4n) is 3.14. The molecule has 0 aromatic heterocycles. The molecule has 2 amide bonds. The molecule has 0 bridgehead atoms. The van der Waals surface area contributed by atoms with Crippen LogP contribution in [0.2, 0.25) is 0 Å². The number of carbonyl (C=O) groups is 4. The number of nitrogens with zero attached hydrogens (tertiary/aromatic N) is 2. The van der Waals surface area contributed by atoms with Crippen molar-refractivity contribution in [2.75, 3.05) is 10.6 Å². The second-order valence-electron chi connectivity index (χ2n) is 8.64. The van der Waals surface area contributed by atoms with E-state index in [-0.39, 0.29) is 54.6 Å². The van der Waals surface area contributed by atoms with Crippen LogP contribution in [-0.2, 0) is 28.9 Å². The summed E-state index contributed by atoms with van der Waals surface area (Å²) in [5, 5.41) is 12.7. The van der Waals surface area contributed by atoms with Crippen molar-refractivity contribution in [3.8, 4) is 0 Å². The van der Waals surface area contributed by atoms with Crippen LogP contribution in [0.5, 0.6) is 0 Å². The molecule has 42 heavy (non-hydrogen) atoms. The zero-order valence-corrected chi connectivity index (χ0v) is 23.1. The summed E-state index contributed by atoms with van der Waals surface area (Å²) in [5.74, 6) is -1.51. The molecular weight excluding hydrogens is 544 g/mol. The minimum atomic E-state index is -0.518. The van der Waals surface area contributed by atoms with Crippen molar-refractivity contribution >= 4 is 46.8 Å². The molecule has 0 spiro atoms. The molecular formula is C29H36N6O7. The Bertz CT molecular complexity index is 1190. The highest BCUT2D eigenvalue weighted by Gasteiger charge is 2.09. The van der Waals surface area contributed by atoms with Crippen LogP contribution in [-0.4, -0.2) is 40.9 Å². The van der Waals surface area contributed by atoms with Gasteiger partial charge in [-0.05, 0) is 67.8 Å². The second kappa shape index (κ2) is 18.9. The predicted molar refractivity (Wildman–Crippen MR) is 160 cm³/mol. The number of hydrogen-bond acceptors (Lipinski definition) is 8. The number of amidine groups is 2. The molecule has 0 aliphatic rings. The van der Waals surface area contributed by atoms with Crippen LogP contribution in [0.3, 0.4) is 0 Å². The highest BCUT2D eigenvalue weighted by molar-refractivity contribution is 5.99. The van der Waals surface area contributed by atoms with Crippen molar-refractivity contribution in [1.29, 1.82) is 0 Å². The summed E-state index contributed by atoms with van der Waals surface area (Å²) in [6.07, 6.45) is 5.08. The second-order valence-corrected chi connectivity index (χ2v) is 8.64. The summed E-state index contributed by atoms with van der Waals surface area (Å²) in [6, 6.07) is 13.0. The van der Waals surface area contributed by atoms with E-state index in [2.05, 4.69) is 34.1 Å². The van der Waals surface area contributed by atoms with Crippen LogP contribution in [0.25, 0.3) is 0 Å². The van der Waals surface area contributed by atoms with E-state index in [1.165, 1.54) is 0 Å². The molecule has 0 unspecified atom stereocenters. The van der Waals surface area contributed by atoms with Gasteiger partial charge in [0.15, 0.2) is 11.7 Å². The lowest BCUT2D eigenvalue weighted by Crippen LogP contribution is -2.17. The van der Waals surface area contributed by atoms with Gasteiger partial charge in [0.2, 0.25) is 11.8 Å². The van der Waals surface area contributed by atoms with E-state index in [1.54, 1.807) is 60.7 Å². The molecule has 0 atom stereocenters. The number of hydrogen-bond donors (Lipinski definition) is 4. The maximum Gasteiger partial charge on any atom is 0.335 e. The third-order valence-corrected chi connectivity index (χ3v) is 5.33. The van der Waals surface area contributed by atoms with E-state index < -0.39 is 11.9 Å². The number of amides is 2. The van der Waals surface area contributed by atoms with Crippen LogP contribution < -0.4 is 22.1 Å². The third kappa shape index (κ3) is 13.2. The van der Waals surface area contributed by atoms with Crippen LogP contribution in [0.1, 0.15) is 56.1 Å². The van der Waals surface area contributed by atoms with Crippen LogP contribution in [0, 0.1) is 0 Å². The highest BCUT2D eigenvalue weighted by atomic mass is 16.7. The molecule has 2 rings (SSSR count). The van der Waals surface area contributed by atoms with Gasteiger partial charge >= 0.3 is 11.9 Å². The van der Waals surface area contributed by atoms with Crippen molar-refractivity contribution in [3.05, 3.63) is 85.0 Å². The first-order chi connectivity index (χ1) is 19.7. The van der Waals surface area contributed by atoms with E-state index in [4.69, 9.17) is 21.1 Å². The minimum absolute atomic E-state index is 0. The first-order valence-electron chi connectivity index (χ1n) is 12.8. The summed E-state index contributed by atoms with van der Waals surface area (Å²) in [7, 11) is 0. The molecule has 8 N–H and O–H groups in total. The molecule has 13 heteroatoms. The highest BCUT2D eigenvalue weighted by Crippen LogP contribution is 2.13. The molecule has 224 valence electrons. The largest absolute Gasteiger partial charge is 0.412 e. The van der Waals surface area contributed by atoms with Gasteiger partial charge in [-0.1, -0.05) is 22.5 Å². The molecule has 13 nitrogen and oxygen atoms in total. The number of rotatable bonds is 16. The summed E-state index contributed by atoms with van der Waals surface area (Å²) in [6.45, 7) is 7.06. The van der Waals surface area contributed by atoms with E-state index in [0.29, 0.717) is 41.8 Å². The molecule has 2 aromatic carbocycles. The number of nitrogens with two attached hydrogens (primary N) is 2. The van der Waals surface area contributed by atoms with Crippen molar-refractivity contribution in [3.63, 3.8) is 0 Å². The molecule has 0 saturated heterocycles. The molecule has 2 aromatic rings. The summed E-state index contributed by atoms with van der Waals surface area (Å²) < 4.78 is 0. The summed E-state index contributed by atoms with van der Waals surface area (Å²) in [5.41, 5.74) is 13.8. The zero-order chi connectivity index (χ0) is 30.0. The lowest BCUT2D eigenvalue weighted by atomic mass is 10.1. The number of oxime groups is 2. The van der Waals surface area contributed by atoms with Gasteiger partial charge in [0, 0.05) is 35.3 Å². The van der Waals surface area contributed by atoms with Gasteiger partial charge in [-0.25, -0.2) is 9.59 Å². The Morgan fingerprint density at radius 1 is 0.667 bits per heavy atom. The average Bonchev–Trinajstić information content (AvgIpc) is 2.97. The third-order valence-electron chi connectivity index (χ3n) is 5.33. The standard InChI is InChI=1S/C29H34N6O6.H2O/c1-3-5-10-26(38)40-34-28(30)20-12-16-22(17-13-20)32-24(36)8-7-9-25(37)33-23-18-14-21(15-19-23)29(31)35-41-27(39)11-6-4-2;/h3-4,12-19H,1-2,5-11H2,(H2,30,34)(H2,31,35)(H,32,36)(H,33,37);1H2. The normalized spacial score (nSPS) is 11.0. The lowest BCUT2D eigenvalue weighted by Gasteiger charge is -2.08. The Morgan fingerprint density at radius 3 is 1.36 bits per heavy atom. The maximum absolute atomic E-state index is 12.3. The van der Waals surface area contributed by atoms with Gasteiger partial charge in [-0.2, -0.15) is 0 Å². The Balaban J connectivity index is 0.00000882. The van der Waals surface area contributed by atoms with Gasteiger partial charge in [0.05, 0.1) is 12.8 Å². The monoisotopic (exact) mass is 580 g/mol. The van der Waals surface area contributed by atoms with E-state index >= 15 is 0 Å². The Labute approximate surface area is 243 Å². The Morgan fingerprint density at radius 2 is 1.02 bits per heavy atom. The first-order valence-corrected chi connectivity index (χ1v) is 12.8. The lowest BCUT2D eigenvalue weighted by molar-refractivity contribution is -0.144. The topological polar surface area (TPSA) is 219 Å². The van der Waals surface area contributed by atoms with E-state index in [0.717, 1.165) is 0 Å². The zero-order valence-electron chi connectivity index (χ0n) is 23.1. The Kier molecular flexibility index (Phi) is 15.6. The molecule has 0 fully saturated rings. The number of benzene rings is 2. The van der Waals surface area contributed by atoms with Crippen LogP contribution >= 0.6 is 0 Å². The van der Waals surface area contributed by atoms with Gasteiger partial charge in [0.1, 0.15) is 0 Å². The minimum Gasteiger partial charge on any atom is -0.412 e. The quantitative estimate of drug-likeness (QED) is 0.0758. The van der Waals surface area contributed by atoms with E-state index in [9.17, 15) is 19.2 Å². The fraction of sp³-hybridized carbons (Fsp3) is 0.241. The van der Waals surface area contributed by atoms with Crippen molar-refractivity contribution in [2.24, 2.45) is 21.8 Å². The summed E-state index contributed by atoms with van der Waals surface area (Å²) >= 11 is 0. The van der Waals surface area contributed by atoms with Gasteiger partial charge in [-0.15, -0.1) is 13.2 Å². The number of anilines is 2. The average molecular weight is 581 g/mol. The van der Waals surface area contributed by atoms with Crippen LogP contribution in [0.4, 0.5) is 11.4 Å². The molecule has 0 heterocycles. The predicted octanol–water partition coefficient (Wildman–Crippen LogP) is 2.87. The maximum atomic E-state index is 12.3. The van der Waals surface area contributed by atoms with E-state index in [1.807, 2.05) is 0 Å². The first kappa shape index (κ1) is 34.7. The molecule has 0 aliphatic heterocycles. The van der Waals surface area contributed by atoms with Crippen LogP contribution in [0.15, 0.2) is 84.2 Å². The number of allylic oxidation sites excluding steroid dienone is 2. The molecule has 0 radical (unpaired) electrons. The summed E-state index contributed by atoms with van der Waals surface area (Å²) in [4.78, 5) is 57.0. The fourth-order valence-corrected chi connectivity index (χ4v) is 3.14. The number of carbonyl (C=O) groups excluding carboxylic acids is 4. The van der Waals surface area contributed by atoms with Crippen molar-refractivity contribution in [1.82, 2.24) is 0 Å². The van der Waals surface area contributed by atoms with Crippen molar-refractivity contribution in [2.45, 2.75) is 44.9 Å².